The minimum atomic E-state index is 0.273. The average molecular weight is 230 g/mol. The lowest BCUT2D eigenvalue weighted by Gasteiger charge is -2.26. The van der Waals surface area contributed by atoms with Gasteiger partial charge in [-0.3, -0.25) is 4.79 Å². The molecule has 1 aromatic rings. The molecule has 1 aromatic carbocycles. The summed E-state index contributed by atoms with van der Waals surface area (Å²) in [6.07, 6.45) is 5.07. The fraction of sp³-hybridized carbons (Fsp3) is 0.562. The molecule has 0 fully saturated rings. The van der Waals surface area contributed by atoms with Gasteiger partial charge in [-0.05, 0) is 43.2 Å². The van der Waals surface area contributed by atoms with Crippen molar-refractivity contribution in [3.05, 3.63) is 35.4 Å². The van der Waals surface area contributed by atoms with E-state index >= 15 is 0 Å². The second-order valence-corrected chi connectivity index (χ2v) is 5.12. The minimum Gasteiger partial charge on any atom is -0.299 e. The van der Waals surface area contributed by atoms with E-state index in [-0.39, 0.29) is 11.8 Å². The molecule has 0 aromatic heterocycles. The Labute approximate surface area is 104 Å². The van der Waals surface area contributed by atoms with Gasteiger partial charge >= 0.3 is 0 Å². The second-order valence-electron chi connectivity index (χ2n) is 5.12. The van der Waals surface area contributed by atoms with Gasteiger partial charge in [0, 0.05) is 11.8 Å². The number of fused-ring (bicyclic) bond motifs is 1. The van der Waals surface area contributed by atoms with Gasteiger partial charge in [-0.15, -0.1) is 0 Å². The van der Waals surface area contributed by atoms with Crippen molar-refractivity contribution in [1.29, 1.82) is 0 Å². The van der Waals surface area contributed by atoms with Gasteiger partial charge < -0.3 is 0 Å². The molecule has 1 aliphatic rings. The Hall–Kier alpha value is -1.11. The van der Waals surface area contributed by atoms with Crippen molar-refractivity contribution >= 4 is 5.78 Å². The fourth-order valence-electron chi connectivity index (χ4n) is 2.97. The van der Waals surface area contributed by atoms with Gasteiger partial charge in [0.1, 0.15) is 5.78 Å². The van der Waals surface area contributed by atoms with E-state index in [2.05, 4.69) is 38.1 Å². The van der Waals surface area contributed by atoms with E-state index in [0.29, 0.717) is 5.78 Å². The molecule has 1 aliphatic carbocycles. The lowest BCUT2D eigenvalue weighted by molar-refractivity contribution is -0.127. The van der Waals surface area contributed by atoms with Crippen molar-refractivity contribution in [2.45, 2.75) is 46.0 Å². The van der Waals surface area contributed by atoms with E-state index < -0.39 is 0 Å². The van der Waals surface area contributed by atoms with Crippen LogP contribution in [0.1, 0.15) is 44.2 Å². The number of benzene rings is 1. The standard InChI is InChI=1S/C16H22O/c1-3-12(4-2)16(17)15-10-9-13-7-5-6-8-14(13)11-15/h5-8,12,15H,3-4,9-11H2,1-2H3. The Morgan fingerprint density at radius 3 is 2.53 bits per heavy atom. The summed E-state index contributed by atoms with van der Waals surface area (Å²) in [4.78, 5) is 12.4. The Morgan fingerprint density at radius 1 is 1.24 bits per heavy atom. The van der Waals surface area contributed by atoms with E-state index in [1.807, 2.05) is 0 Å². The minimum absolute atomic E-state index is 0.273. The summed E-state index contributed by atoms with van der Waals surface area (Å²) >= 11 is 0. The SMILES string of the molecule is CCC(CC)C(=O)C1CCc2ccccc2C1. The van der Waals surface area contributed by atoms with Crippen LogP contribution in [0.3, 0.4) is 0 Å². The number of carbonyl (C=O) groups excluding carboxylic acids is 1. The lowest BCUT2D eigenvalue weighted by atomic mass is 9.77. The maximum Gasteiger partial charge on any atom is 0.139 e. The highest BCUT2D eigenvalue weighted by molar-refractivity contribution is 5.84. The quantitative estimate of drug-likeness (QED) is 0.769. The number of rotatable bonds is 4. The van der Waals surface area contributed by atoms with Crippen LogP contribution in [0.5, 0.6) is 0 Å². The first kappa shape index (κ1) is 12.3. The van der Waals surface area contributed by atoms with E-state index in [0.717, 1.165) is 32.1 Å². The van der Waals surface area contributed by atoms with Crippen LogP contribution in [-0.2, 0) is 17.6 Å². The molecular weight excluding hydrogens is 208 g/mol. The van der Waals surface area contributed by atoms with Crippen molar-refractivity contribution in [3.8, 4) is 0 Å². The van der Waals surface area contributed by atoms with E-state index in [4.69, 9.17) is 0 Å². The van der Waals surface area contributed by atoms with E-state index in [9.17, 15) is 4.79 Å². The fourth-order valence-corrected chi connectivity index (χ4v) is 2.97. The van der Waals surface area contributed by atoms with E-state index in [1.165, 1.54) is 11.1 Å². The zero-order chi connectivity index (χ0) is 12.3. The molecule has 0 N–H and O–H groups in total. The molecule has 0 heterocycles. The summed E-state index contributed by atoms with van der Waals surface area (Å²) in [6, 6.07) is 8.57. The average Bonchev–Trinajstić information content (AvgIpc) is 2.39. The van der Waals surface area contributed by atoms with Gasteiger partial charge in [0.15, 0.2) is 0 Å². The molecule has 2 rings (SSSR count). The maximum atomic E-state index is 12.4. The van der Waals surface area contributed by atoms with Crippen LogP contribution in [-0.4, -0.2) is 5.78 Å². The first-order valence-electron chi connectivity index (χ1n) is 6.86. The van der Waals surface area contributed by atoms with Gasteiger partial charge in [-0.25, -0.2) is 0 Å². The van der Waals surface area contributed by atoms with Gasteiger partial charge in [-0.1, -0.05) is 38.1 Å². The predicted octanol–water partition coefficient (Wildman–Crippen LogP) is 3.80. The summed E-state index contributed by atoms with van der Waals surface area (Å²) in [6.45, 7) is 4.26. The summed E-state index contributed by atoms with van der Waals surface area (Å²) in [5, 5.41) is 0. The van der Waals surface area contributed by atoms with Gasteiger partial charge in [0.2, 0.25) is 0 Å². The molecule has 0 bridgehead atoms. The molecule has 1 heteroatoms. The number of Topliss-reactive ketones (excluding diaryl/α,β-unsaturated/α-hetero) is 1. The normalized spacial score (nSPS) is 19.1. The molecule has 0 saturated carbocycles. The van der Waals surface area contributed by atoms with Gasteiger partial charge in [-0.2, -0.15) is 0 Å². The van der Waals surface area contributed by atoms with Crippen LogP contribution in [0.4, 0.5) is 0 Å². The van der Waals surface area contributed by atoms with Crippen LogP contribution >= 0.6 is 0 Å². The lowest BCUT2D eigenvalue weighted by Crippen LogP contribution is -2.28. The topological polar surface area (TPSA) is 17.1 Å². The first-order chi connectivity index (χ1) is 8.26. The summed E-state index contributed by atoms with van der Waals surface area (Å²) in [5.41, 5.74) is 2.84. The maximum absolute atomic E-state index is 12.4. The molecule has 0 radical (unpaired) electrons. The van der Waals surface area contributed by atoms with Crippen LogP contribution in [0, 0.1) is 11.8 Å². The zero-order valence-electron chi connectivity index (χ0n) is 10.9. The summed E-state index contributed by atoms with van der Waals surface area (Å²) < 4.78 is 0. The monoisotopic (exact) mass is 230 g/mol. The third kappa shape index (κ3) is 2.59. The predicted molar refractivity (Wildman–Crippen MR) is 71.0 cm³/mol. The molecule has 0 saturated heterocycles. The molecule has 1 nitrogen and oxygen atoms in total. The second kappa shape index (κ2) is 5.48. The van der Waals surface area contributed by atoms with Crippen LogP contribution < -0.4 is 0 Å². The van der Waals surface area contributed by atoms with Gasteiger partial charge in [0.25, 0.3) is 0 Å². The smallest absolute Gasteiger partial charge is 0.139 e. The van der Waals surface area contributed by atoms with Crippen LogP contribution in [0.2, 0.25) is 0 Å². The van der Waals surface area contributed by atoms with Crippen LogP contribution in [0.15, 0.2) is 24.3 Å². The molecular formula is C16H22O. The molecule has 1 atom stereocenters. The number of hydrogen-bond acceptors (Lipinski definition) is 1. The van der Waals surface area contributed by atoms with Crippen molar-refractivity contribution < 1.29 is 4.79 Å². The summed E-state index contributed by atoms with van der Waals surface area (Å²) in [7, 11) is 0. The third-order valence-electron chi connectivity index (χ3n) is 4.14. The van der Waals surface area contributed by atoms with Crippen molar-refractivity contribution in [2.24, 2.45) is 11.8 Å². The number of ketones is 1. The Bertz CT molecular complexity index is 390. The highest BCUT2D eigenvalue weighted by Crippen LogP contribution is 2.29. The molecule has 0 aliphatic heterocycles. The van der Waals surface area contributed by atoms with Gasteiger partial charge in [0.05, 0.1) is 0 Å². The van der Waals surface area contributed by atoms with Crippen LogP contribution in [0.25, 0.3) is 0 Å². The first-order valence-corrected chi connectivity index (χ1v) is 6.86. The molecule has 0 spiro atoms. The Kier molecular flexibility index (Phi) is 3.98. The molecule has 92 valence electrons. The summed E-state index contributed by atoms with van der Waals surface area (Å²) in [5.74, 6) is 1.06. The highest BCUT2D eigenvalue weighted by Gasteiger charge is 2.27. The molecule has 0 amide bonds. The largest absolute Gasteiger partial charge is 0.299 e. The van der Waals surface area contributed by atoms with Crippen molar-refractivity contribution in [1.82, 2.24) is 0 Å². The Balaban J connectivity index is 2.09. The third-order valence-corrected chi connectivity index (χ3v) is 4.14. The molecule has 1 unspecified atom stereocenters. The van der Waals surface area contributed by atoms with Crippen molar-refractivity contribution in [2.75, 3.05) is 0 Å². The zero-order valence-corrected chi connectivity index (χ0v) is 10.9. The van der Waals surface area contributed by atoms with E-state index in [1.54, 1.807) is 0 Å². The number of carbonyl (C=O) groups is 1. The number of aryl methyl sites for hydroxylation is 1. The van der Waals surface area contributed by atoms with Crippen molar-refractivity contribution in [3.63, 3.8) is 0 Å². The number of hydrogen-bond donors (Lipinski definition) is 0. The Morgan fingerprint density at radius 2 is 1.88 bits per heavy atom. The molecule has 17 heavy (non-hydrogen) atoms. The highest BCUT2D eigenvalue weighted by atomic mass is 16.1.